The lowest BCUT2D eigenvalue weighted by molar-refractivity contribution is -0.137. The second kappa shape index (κ2) is 4.49. The highest BCUT2D eigenvalue weighted by atomic mass is 19.4. The molecule has 2 aromatic rings. The van der Waals surface area contributed by atoms with Crippen LogP contribution in [0, 0.1) is 0 Å². The molecular formula is C13H10F3N. The molecule has 1 aromatic heterocycles. The molecule has 2 rings (SSSR count). The molecule has 0 spiro atoms. The highest BCUT2D eigenvalue weighted by Crippen LogP contribution is 2.29. The Morgan fingerprint density at radius 2 is 1.53 bits per heavy atom. The summed E-state index contributed by atoms with van der Waals surface area (Å²) in [7, 11) is 0. The maximum absolute atomic E-state index is 12.3. The van der Waals surface area contributed by atoms with Crippen molar-refractivity contribution in [1.29, 1.82) is 0 Å². The number of halogens is 3. The van der Waals surface area contributed by atoms with Crippen molar-refractivity contribution in [2.45, 2.75) is 6.18 Å². The monoisotopic (exact) mass is 237 g/mol. The molecule has 4 heteroatoms. The highest BCUT2D eigenvalue weighted by Gasteiger charge is 2.29. The van der Waals surface area contributed by atoms with Crippen LogP contribution in [-0.2, 0) is 6.18 Å². The molecule has 17 heavy (non-hydrogen) atoms. The van der Waals surface area contributed by atoms with Gasteiger partial charge >= 0.3 is 6.18 Å². The molecule has 1 nitrogen and oxygen atoms in total. The van der Waals surface area contributed by atoms with Crippen LogP contribution in [0.25, 0.3) is 12.2 Å². The lowest BCUT2D eigenvalue weighted by Crippen LogP contribution is -2.03. The summed E-state index contributed by atoms with van der Waals surface area (Å²) in [4.78, 5) is 2.90. The summed E-state index contributed by atoms with van der Waals surface area (Å²) in [5.74, 6) is 0. The molecule has 0 bridgehead atoms. The van der Waals surface area contributed by atoms with E-state index in [1.807, 2.05) is 12.1 Å². The summed E-state index contributed by atoms with van der Waals surface area (Å²) >= 11 is 0. The Bertz CT molecular complexity index is 492. The molecule has 1 heterocycles. The number of aromatic amines is 1. The molecule has 1 aromatic carbocycles. The Balaban J connectivity index is 2.14. The van der Waals surface area contributed by atoms with Gasteiger partial charge in [0, 0.05) is 12.4 Å². The van der Waals surface area contributed by atoms with Crippen molar-refractivity contribution in [2.24, 2.45) is 0 Å². The maximum atomic E-state index is 12.3. The van der Waals surface area contributed by atoms with Gasteiger partial charge in [-0.3, -0.25) is 0 Å². The Morgan fingerprint density at radius 3 is 2.06 bits per heavy atom. The fourth-order valence-corrected chi connectivity index (χ4v) is 1.42. The molecule has 0 fully saturated rings. The summed E-state index contributed by atoms with van der Waals surface area (Å²) < 4.78 is 36.9. The van der Waals surface area contributed by atoms with Crippen LogP contribution in [0.5, 0.6) is 0 Å². The SMILES string of the molecule is FC(F)(F)c1ccc(/C=C/c2cc[nH]c2)cc1. The predicted molar refractivity (Wildman–Crippen MR) is 61.2 cm³/mol. The Kier molecular flexibility index (Phi) is 3.04. The topological polar surface area (TPSA) is 15.8 Å². The van der Waals surface area contributed by atoms with Gasteiger partial charge in [-0.05, 0) is 29.3 Å². The molecule has 0 atom stereocenters. The summed E-state index contributed by atoms with van der Waals surface area (Å²) in [6.45, 7) is 0. The number of nitrogens with one attached hydrogen (secondary N) is 1. The summed E-state index contributed by atoms with van der Waals surface area (Å²) in [5, 5.41) is 0. The zero-order valence-corrected chi connectivity index (χ0v) is 8.83. The van der Waals surface area contributed by atoms with Crippen LogP contribution in [0.1, 0.15) is 16.7 Å². The Hall–Kier alpha value is -1.97. The minimum absolute atomic E-state index is 0.628. The molecule has 0 radical (unpaired) electrons. The molecule has 1 N–H and O–H groups in total. The van der Waals surface area contributed by atoms with Crippen molar-refractivity contribution in [3.8, 4) is 0 Å². The van der Waals surface area contributed by atoms with Crippen molar-refractivity contribution in [3.05, 3.63) is 59.4 Å². The van der Waals surface area contributed by atoms with Gasteiger partial charge < -0.3 is 4.98 Å². The van der Waals surface area contributed by atoms with Crippen LogP contribution >= 0.6 is 0 Å². The van der Waals surface area contributed by atoms with E-state index >= 15 is 0 Å². The Labute approximate surface area is 96.6 Å². The molecule has 0 aliphatic carbocycles. The van der Waals surface area contributed by atoms with Crippen LogP contribution in [0.15, 0.2) is 42.7 Å². The second-order valence-corrected chi connectivity index (χ2v) is 3.60. The fourth-order valence-electron chi connectivity index (χ4n) is 1.42. The number of hydrogen-bond acceptors (Lipinski definition) is 0. The van der Waals surface area contributed by atoms with E-state index in [9.17, 15) is 13.2 Å². The quantitative estimate of drug-likeness (QED) is 0.805. The molecule has 0 amide bonds. The maximum Gasteiger partial charge on any atom is 0.416 e. The lowest BCUT2D eigenvalue weighted by Gasteiger charge is -2.05. The molecule has 0 aliphatic rings. The van der Waals surface area contributed by atoms with E-state index in [0.717, 1.165) is 23.3 Å². The van der Waals surface area contributed by atoms with Crippen LogP contribution in [0.4, 0.5) is 13.2 Å². The van der Waals surface area contributed by atoms with Crippen molar-refractivity contribution in [2.75, 3.05) is 0 Å². The number of aromatic nitrogens is 1. The predicted octanol–water partition coefficient (Wildman–Crippen LogP) is 4.20. The standard InChI is InChI=1S/C13H10F3N/c14-13(15,16)12-5-3-10(4-6-12)1-2-11-7-8-17-9-11/h1-9,17H/b2-1+. The third-order valence-corrected chi connectivity index (χ3v) is 2.33. The molecule has 0 unspecified atom stereocenters. The van der Waals surface area contributed by atoms with Gasteiger partial charge in [-0.1, -0.05) is 24.3 Å². The van der Waals surface area contributed by atoms with Crippen molar-refractivity contribution < 1.29 is 13.2 Å². The second-order valence-electron chi connectivity index (χ2n) is 3.60. The van der Waals surface area contributed by atoms with Gasteiger partial charge in [-0.15, -0.1) is 0 Å². The van der Waals surface area contributed by atoms with Crippen LogP contribution in [0.3, 0.4) is 0 Å². The zero-order chi connectivity index (χ0) is 12.3. The zero-order valence-electron chi connectivity index (χ0n) is 8.83. The fraction of sp³-hybridized carbons (Fsp3) is 0.0769. The van der Waals surface area contributed by atoms with E-state index in [1.54, 1.807) is 18.5 Å². The number of hydrogen-bond donors (Lipinski definition) is 1. The van der Waals surface area contributed by atoms with Crippen molar-refractivity contribution >= 4 is 12.2 Å². The smallest absolute Gasteiger partial charge is 0.367 e. The van der Waals surface area contributed by atoms with Crippen molar-refractivity contribution in [1.82, 2.24) is 4.98 Å². The van der Waals surface area contributed by atoms with Gasteiger partial charge in [0.2, 0.25) is 0 Å². The number of benzene rings is 1. The highest BCUT2D eigenvalue weighted by molar-refractivity contribution is 5.69. The van der Waals surface area contributed by atoms with Gasteiger partial charge in [0.1, 0.15) is 0 Å². The van der Waals surface area contributed by atoms with E-state index in [-0.39, 0.29) is 0 Å². The molecule has 88 valence electrons. The first-order chi connectivity index (χ1) is 8.05. The number of H-pyrrole nitrogens is 1. The van der Waals surface area contributed by atoms with Crippen LogP contribution in [0.2, 0.25) is 0 Å². The summed E-state index contributed by atoms with van der Waals surface area (Å²) in [5.41, 5.74) is 1.08. The number of alkyl halides is 3. The average molecular weight is 237 g/mol. The molecule has 0 aliphatic heterocycles. The lowest BCUT2D eigenvalue weighted by atomic mass is 10.1. The van der Waals surface area contributed by atoms with Crippen molar-refractivity contribution in [3.63, 3.8) is 0 Å². The van der Waals surface area contributed by atoms with E-state index in [1.165, 1.54) is 12.1 Å². The average Bonchev–Trinajstić information content (AvgIpc) is 2.78. The third-order valence-electron chi connectivity index (χ3n) is 2.33. The minimum Gasteiger partial charge on any atom is -0.367 e. The van der Waals surface area contributed by atoms with Gasteiger partial charge in [-0.25, -0.2) is 0 Å². The van der Waals surface area contributed by atoms with Gasteiger partial charge in [0.05, 0.1) is 5.56 Å². The molecular weight excluding hydrogens is 227 g/mol. The largest absolute Gasteiger partial charge is 0.416 e. The Morgan fingerprint density at radius 1 is 0.882 bits per heavy atom. The first kappa shape index (κ1) is 11.5. The van der Waals surface area contributed by atoms with E-state index in [2.05, 4.69) is 4.98 Å². The van der Waals surface area contributed by atoms with E-state index in [4.69, 9.17) is 0 Å². The molecule has 0 saturated carbocycles. The first-order valence-corrected chi connectivity index (χ1v) is 5.04. The minimum atomic E-state index is -4.27. The van der Waals surface area contributed by atoms with Crippen LogP contribution in [-0.4, -0.2) is 4.98 Å². The normalized spacial score (nSPS) is 12.2. The van der Waals surface area contributed by atoms with Crippen LogP contribution < -0.4 is 0 Å². The van der Waals surface area contributed by atoms with E-state index in [0.29, 0.717) is 0 Å². The number of rotatable bonds is 2. The third kappa shape index (κ3) is 3.00. The first-order valence-electron chi connectivity index (χ1n) is 5.04. The summed E-state index contributed by atoms with van der Waals surface area (Å²) in [6.07, 6.45) is 2.91. The van der Waals surface area contributed by atoms with Gasteiger partial charge in [0.15, 0.2) is 0 Å². The molecule has 0 saturated heterocycles. The van der Waals surface area contributed by atoms with Gasteiger partial charge in [-0.2, -0.15) is 13.2 Å². The van der Waals surface area contributed by atoms with Gasteiger partial charge in [0.25, 0.3) is 0 Å². The van der Waals surface area contributed by atoms with E-state index < -0.39 is 11.7 Å². The summed E-state index contributed by atoms with van der Waals surface area (Å²) in [6, 6.07) is 6.94.